The second-order valence-corrected chi connectivity index (χ2v) is 6.90. The Hall–Kier alpha value is -1.04. The second-order valence-electron chi connectivity index (χ2n) is 6.90. The highest BCUT2D eigenvalue weighted by atomic mass is 14.5. The number of rotatable bonds is 2. The molecule has 107 valence electrons. The second kappa shape index (κ2) is 6.16. The average Bonchev–Trinajstić information content (AvgIpc) is 2.48. The van der Waals surface area contributed by atoms with E-state index in [1.54, 1.807) is 19.3 Å². The van der Waals surface area contributed by atoms with Gasteiger partial charge in [-0.25, -0.2) is 0 Å². The monoisotopic (exact) mass is 267 g/mol. The van der Waals surface area contributed by atoms with Crippen LogP contribution in [0.1, 0.15) is 51.0 Å². The van der Waals surface area contributed by atoms with Crippen LogP contribution in [-0.4, -0.2) is 0 Å². The zero-order valence-electron chi connectivity index (χ0n) is 12.7. The number of hydrogen-bond donors (Lipinski definition) is 0. The molecular formula is C20H27. The third kappa shape index (κ3) is 2.85. The quantitative estimate of drug-likeness (QED) is 0.639. The van der Waals surface area contributed by atoms with E-state index < -0.39 is 0 Å². The van der Waals surface area contributed by atoms with Gasteiger partial charge < -0.3 is 0 Å². The summed E-state index contributed by atoms with van der Waals surface area (Å²) in [5, 5.41) is 0. The van der Waals surface area contributed by atoms with Crippen molar-refractivity contribution in [2.24, 2.45) is 23.7 Å². The first kappa shape index (κ1) is 13.9. The maximum atomic E-state index is 3.63. The highest BCUT2D eigenvalue weighted by Gasteiger charge is 2.47. The number of benzene rings is 1. The highest BCUT2D eigenvalue weighted by Crippen LogP contribution is 2.58. The lowest BCUT2D eigenvalue weighted by Gasteiger charge is -2.54. The van der Waals surface area contributed by atoms with Crippen LogP contribution < -0.4 is 0 Å². The van der Waals surface area contributed by atoms with Gasteiger partial charge in [0.25, 0.3) is 0 Å². The van der Waals surface area contributed by atoms with Crippen molar-refractivity contribution in [3.63, 3.8) is 0 Å². The lowest BCUT2D eigenvalue weighted by atomic mass is 9.51. The molecule has 0 aliphatic heterocycles. The van der Waals surface area contributed by atoms with E-state index in [4.69, 9.17) is 0 Å². The Morgan fingerprint density at radius 1 is 1.05 bits per heavy atom. The molecule has 0 N–H and O–H groups in total. The summed E-state index contributed by atoms with van der Waals surface area (Å²) in [6.07, 6.45) is 11.0. The first-order valence-corrected chi connectivity index (χ1v) is 8.32. The Morgan fingerprint density at radius 2 is 1.70 bits per heavy atom. The van der Waals surface area contributed by atoms with E-state index in [1.165, 1.54) is 24.8 Å². The Labute approximate surface area is 124 Å². The normalized spacial score (nSPS) is 34.5. The van der Waals surface area contributed by atoms with Gasteiger partial charge in [-0.15, -0.1) is 0 Å². The Morgan fingerprint density at radius 3 is 2.15 bits per heavy atom. The maximum absolute atomic E-state index is 3.63. The van der Waals surface area contributed by atoms with Crippen LogP contribution in [0.25, 0.3) is 6.08 Å². The van der Waals surface area contributed by atoms with Crippen LogP contribution >= 0.6 is 0 Å². The predicted molar refractivity (Wildman–Crippen MR) is 87.1 cm³/mol. The average molecular weight is 267 g/mol. The van der Waals surface area contributed by atoms with Gasteiger partial charge in [0.15, 0.2) is 0 Å². The zero-order chi connectivity index (χ0) is 13.9. The van der Waals surface area contributed by atoms with Crippen molar-refractivity contribution >= 4 is 6.08 Å². The molecule has 4 aliphatic carbocycles. The molecular weight excluding hydrogens is 240 g/mol. The molecule has 3 atom stereocenters. The Balaban J connectivity index is 0.000000133. The molecule has 4 bridgehead atoms. The van der Waals surface area contributed by atoms with Crippen molar-refractivity contribution in [3.8, 4) is 0 Å². The molecule has 0 heterocycles. The molecule has 0 nitrogen and oxygen atoms in total. The number of hydrogen-bond acceptors (Lipinski definition) is 0. The van der Waals surface area contributed by atoms with Gasteiger partial charge in [-0.1, -0.05) is 56.3 Å². The molecule has 0 spiro atoms. The van der Waals surface area contributed by atoms with E-state index in [9.17, 15) is 0 Å². The van der Waals surface area contributed by atoms with Gasteiger partial charge >= 0.3 is 0 Å². The summed E-state index contributed by atoms with van der Waals surface area (Å²) >= 11 is 0. The third-order valence-electron chi connectivity index (χ3n) is 5.61. The molecule has 0 heteroatoms. The van der Waals surface area contributed by atoms with Gasteiger partial charge in [-0.05, 0) is 67.3 Å². The molecule has 4 fully saturated rings. The van der Waals surface area contributed by atoms with Crippen LogP contribution in [0.5, 0.6) is 0 Å². The lowest BCUT2D eigenvalue weighted by molar-refractivity contribution is 0.0409. The van der Waals surface area contributed by atoms with E-state index in [-0.39, 0.29) is 0 Å². The summed E-state index contributed by atoms with van der Waals surface area (Å²) in [5.41, 5.74) is 1.17. The molecule has 0 amide bonds. The van der Waals surface area contributed by atoms with Crippen molar-refractivity contribution in [2.45, 2.75) is 45.4 Å². The van der Waals surface area contributed by atoms with Crippen molar-refractivity contribution in [3.05, 3.63) is 48.4 Å². The minimum absolute atomic E-state index is 1.05. The van der Waals surface area contributed by atoms with Crippen LogP contribution in [-0.2, 0) is 0 Å². The standard InChI is InChI=1S/C12H19.C8H8/c1-2-12-10-4-8-3-9(6-10)7-11(12)5-8;1-2-8-6-4-3-5-7-8/h8-10,12H,2-7H2,1H3;2-7H,1H2. The first-order valence-electron chi connectivity index (χ1n) is 8.32. The van der Waals surface area contributed by atoms with Crippen molar-refractivity contribution in [1.82, 2.24) is 0 Å². The van der Waals surface area contributed by atoms with Gasteiger partial charge in [0.05, 0.1) is 0 Å². The SMILES string of the molecule is C=Cc1ccccc1.CCC1[C]2CC3CC(C2)CC1C3. The van der Waals surface area contributed by atoms with Crippen LogP contribution in [0.15, 0.2) is 36.9 Å². The minimum Gasteiger partial charge on any atom is -0.0985 e. The predicted octanol–water partition coefficient (Wildman–Crippen LogP) is 5.76. The van der Waals surface area contributed by atoms with E-state index in [1.807, 2.05) is 42.3 Å². The molecule has 5 rings (SSSR count). The van der Waals surface area contributed by atoms with Gasteiger partial charge in [0.1, 0.15) is 0 Å². The van der Waals surface area contributed by atoms with Crippen molar-refractivity contribution in [1.29, 1.82) is 0 Å². The molecule has 0 saturated heterocycles. The molecule has 20 heavy (non-hydrogen) atoms. The van der Waals surface area contributed by atoms with E-state index in [0.29, 0.717) is 0 Å². The molecule has 1 radical (unpaired) electrons. The van der Waals surface area contributed by atoms with E-state index in [2.05, 4.69) is 13.5 Å². The summed E-state index contributed by atoms with van der Waals surface area (Å²) in [5.74, 6) is 6.40. The largest absolute Gasteiger partial charge is 0.0985 e. The maximum Gasteiger partial charge on any atom is -0.0202 e. The Bertz CT molecular complexity index is 403. The van der Waals surface area contributed by atoms with Gasteiger partial charge in [-0.3, -0.25) is 0 Å². The zero-order valence-corrected chi connectivity index (χ0v) is 12.7. The first-order chi connectivity index (χ1) is 9.80. The smallest absolute Gasteiger partial charge is 0.0202 e. The fourth-order valence-electron chi connectivity index (χ4n) is 4.95. The fourth-order valence-corrected chi connectivity index (χ4v) is 4.95. The lowest BCUT2D eigenvalue weighted by Crippen LogP contribution is -2.43. The van der Waals surface area contributed by atoms with Crippen LogP contribution in [0.4, 0.5) is 0 Å². The molecule has 4 saturated carbocycles. The molecule has 1 aromatic rings. The highest BCUT2D eigenvalue weighted by molar-refractivity contribution is 5.45. The summed E-state index contributed by atoms with van der Waals surface area (Å²) in [4.78, 5) is 0. The topological polar surface area (TPSA) is 0 Å². The molecule has 4 aliphatic rings. The summed E-state index contributed by atoms with van der Waals surface area (Å²) in [6.45, 7) is 6.02. The van der Waals surface area contributed by atoms with Crippen molar-refractivity contribution in [2.75, 3.05) is 0 Å². The minimum atomic E-state index is 1.05. The third-order valence-corrected chi connectivity index (χ3v) is 5.61. The van der Waals surface area contributed by atoms with Gasteiger partial charge in [0, 0.05) is 0 Å². The van der Waals surface area contributed by atoms with E-state index in [0.717, 1.165) is 23.7 Å². The summed E-state index contributed by atoms with van der Waals surface area (Å²) in [7, 11) is 0. The van der Waals surface area contributed by atoms with Crippen LogP contribution in [0.3, 0.4) is 0 Å². The summed E-state index contributed by atoms with van der Waals surface area (Å²) in [6, 6.07) is 10.0. The van der Waals surface area contributed by atoms with Crippen LogP contribution in [0, 0.1) is 29.6 Å². The fraction of sp³-hybridized carbons (Fsp3) is 0.550. The van der Waals surface area contributed by atoms with E-state index >= 15 is 0 Å². The van der Waals surface area contributed by atoms with Gasteiger partial charge in [-0.2, -0.15) is 0 Å². The molecule has 3 unspecified atom stereocenters. The molecule has 1 aromatic carbocycles. The Kier molecular flexibility index (Phi) is 4.29. The van der Waals surface area contributed by atoms with Gasteiger partial charge in [0.2, 0.25) is 0 Å². The molecule has 0 aromatic heterocycles. The van der Waals surface area contributed by atoms with Crippen molar-refractivity contribution < 1.29 is 0 Å². The summed E-state index contributed by atoms with van der Waals surface area (Å²) < 4.78 is 0. The van der Waals surface area contributed by atoms with Crippen LogP contribution in [0.2, 0.25) is 0 Å².